The number of aryl methyl sites for hydroxylation is 1. The van der Waals surface area contributed by atoms with Gasteiger partial charge in [0.15, 0.2) is 9.84 Å². The van der Waals surface area contributed by atoms with E-state index in [0.717, 1.165) is 18.4 Å². The van der Waals surface area contributed by atoms with Crippen LogP contribution in [0.4, 0.5) is 0 Å². The molecule has 0 spiro atoms. The number of sulfone groups is 1. The highest BCUT2D eigenvalue weighted by molar-refractivity contribution is 7.91. The molecular formula is C15H23NO2S. The molecule has 1 saturated carbocycles. The van der Waals surface area contributed by atoms with Crippen LogP contribution in [0, 0.1) is 12.8 Å². The Kier molecular flexibility index (Phi) is 4.63. The molecular weight excluding hydrogens is 258 g/mol. The molecule has 0 amide bonds. The van der Waals surface area contributed by atoms with E-state index in [1.807, 2.05) is 26.1 Å². The van der Waals surface area contributed by atoms with E-state index in [1.54, 1.807) is 12.1 Å². The Hall–Kier alpha value is -0.870. The Morgan fingerprint density at radius 1 is 1.21 bits per heavy atom. The summed E-state index contributed by atoms with van der Waals surface area (Å²) in [6, 6.07) is 7.65. The van der Waals surface area contributed by atoms with E-state index in [4.69, 9.17) is 0 Å². The van der Waals surface area contributed by atoms with Gasteiger partial charge < -0.3 is 5.32 Å². The standard InChI is InChI=1S/C15H23NO2S/c1-12-6-8-14(9-7-12)19(17,18)11-10-13-4-3-5-15(13)16-2/h6-9,13,15-16H,3-5,10-11H2,1-2H3. The van der Waals surface area contributed by atoms with E-state index in [1.165, 1.54) is 12.8 Å². The molecule has 1 fully saturated rings. The van der Waals surface area contributed by atoms with E-state index >= 15 is 0 Å². The van der Waals surface area contributed by atoms with Crippen LogP contribution < -0.4 is 5.32 Å². The fraction of sp³-hybridized carbons (Fsp3) is 0.600. The number of nitrogens with one attached hydrogen (secondary N) is 1. The summed E-state index contributed by atoms with van der Waals surface area (Å²) in [6.07, 6.45) is 4.29. The lowest BCUT2D eigenvalue weighted by Gasteiger charge is -2.18. The Bertz CT molecular complexity index is 507. The summed E-state index contributed by atoms with van der Waals surface area (Å²) in [5, 5.41) is 3.30. The highest BCUT2D eigenvalue weighted by Gasteiger charge is 2.27. The first-order valence-electron chi connectivity index (χ1n) is 6.99. The lowest BCUT2D eigenvalue weighted by Crippen LogP contribution is -2.30. The smallest absolute Gasteiger partial charge is 0.178 e. The van der Waals surface area contributed by atoms with Crippen LogP contribution >= 0.6 is 0 Å². The molecule has 2 rings (SSSR count). The molecule has 0 aliphatic heterocycles. The lowest BCUT2D eigenvalue weighted by molar-refractivity contribution is 0.414. The summed E-state index contributed by atoms with van der Waals surface area (Å²) >= 11 is 0. The van der Waals surface area contributed by atoms with Crippen molar-refractivity contribution < 1.29 is 8.42 Å². The second kappa shape index (κ2) is 6.06. The van der Waals surface area contributed by atoms with Gasteiger partial charge in [-0.2, -0.15) is 0 Å². The van der Waals surface area contributed by atoms with Crippen LogP contribution in [0.1, 0.15) is 31.2 Å². The van der Waals surface area contributed by atoms with E-state index in [2.05, 4.69) is 5.32 Å². The Morgan fingerprint density at radius 3 is 2.53 bits per heavy atom. The quantitative estimate of drug-likeness (QED) is 0.902. The van der Waals surface area contributed by atoms with E-state index in [-0.39, 0.29) is 5.75 Å². The summed E-state index contributed by atoms with van der Waals surface area (Å²) in [5.74, 6) is 0.768. The summed E-state index contributed by atoms with van der Waals surface area (Å²) in [7, 11) is -1.15. The molecule has 106 valence electrons. The van der Waals surface area contributed by atoms with Crippen molar-refractivity contribution in [2.24, 2.45) is 5.92 Å². The molecule has 2 atom stereocenters. The summed E-state index contributed by atoms with van der Waals surface area (Å²) in [4.78, 5) is 0.456. The van der Waals surface area contributed by atoms with E-state index in [9.17, 15) is 8.42 Å². The molecule has 4 heteroatoms. The minimum atomic E-state index is -3.12. The monoisotopic (exact) mass is 281 g/mol. The van der Waals surface area contributed by atoms with Gasteiger partial charge in [0.25, 0.3) is 0 Å². The highest BCUT2D eigenvalue weighted by atomic mass is 32.2. The van der Waals surface area contributed by atoms with Gasteiger partial charge in [-0.3, -0.25) is 0 Å². The van der Waals surface area contributed by atoms with Crippen LogP contribution in [0.3, 0.4) is 0 Å². The Balaban J connectivity index is 2.00. The van der Waals surface area contributed by atoms with Crippen molar-refractivity contribution >= 4 is 9.84 Å². The lowest BCUT2D eigenvalue weighted by atomic mass is 10.0. The summed E-state index contributed by atoms with van der Waals surface area (Å²) in [6.45, 7) is 1.96. The fourth-order valence-corrected chi connectivity index (χ4v) is 4.33. The van der Waals surface area contributed by atoms with Crippen LogP contribution in [-0.2, 0) is 9.84 Å². The molecule has 0 heterocycles. The van der Waals surface area contributed by atoms with Gasteiger partial charge in [-0.25, -0.2) is 8.42 Å². The molecule has 0 radical (unpaired) electrons. The van der Waals surface area contributed by atoms with Gasteiger partial charge in [-0.1, -0.05) is 24.1 Å². The average Bonchev–Trinajstić information content (AvgIpc) is 2.84. The first-order chi connectivity index (χ1) is 9.03. The topological polar surface area (TPSA) is 46.2 Å². The second-order valence-corrected chi connectivity index (χ2v) is 7.62. The van der Waals surface area contributed by atoms with Gasteiger partial charge in [-0.15, -0.1) is 0 Å². The van der Waals surface area contributed by atoms with Crippen molar-refractivity contribution in [2.75, 3.05) is 12.8 Å². The van der Waals surface area contributed by atoms with Crippen LogP contribution in [-0.4, -0.2) is 27.3 Å². The maximum Gasteiger partial charge on any atom is 0.178 e. The van der Waals surface area contributed by atoms with Gasteiger partial charge in [0.2, 0.25) is 0 Å². The van der Waals surface area contributed by atoms with Gasteiger partial charge in [0, 0.05) is 6.04 Å². The summed E-state index contributed by atoms with van der Waals surface area (Å²) in [5.41, 5.74) is 1.09. The zero-order chi connectivity index (χ0) is 13.9. The average molecular weight is 281 g/mol. The molecule has 3 nitrogen and oxygen atoms in total. The maximum atomic E-state index is 12.3. The Labute approximate surface area is 116 Å². The molecule has 1 aromatic carbocycles. The van der Waals surface area contributed by atoms with Gasteiger partial charge in [-0.05, 0) is 51.3 Å². The van der Waals surface area contributed by atoms with Crippen molar-refractivity contribution in [1.82, 2.24) is 5.32 Å². The summed E-state index contributed by atoms with van der Waals surface area (Å²) < 4.78 is 24.5. The van der Waals surface area contributed by atoms with E-state index in [0.29, 0.717) is 16.9 Å². The fourth-order valence-electron chi connectivity index (χ4n) is 2.93. The third kappa shape index (κ3) is 3.57. The molecule has 1 aliphatic rings. The molecule has 1 N–H and O–H groups in total. The van der Waals surface area contributed by atoms with Crippen molar-refractivity contribution in [2.45, 2.75) is 43.5 Å². The van der Waals surface area contributed by atoms with Gasteiger partial charge in [0.1, 0.15) is 0 Å². The number of hydrogen-bond donors (Lipinski definition) is 1. The van der Waals surface area contributed by atoms with Crippen molar-refractivity contribution in [1.29, 1.82) is 0 Å². The zero-order valence-electron chi connectivity index (χ0n) is 11.7. The van der Waals surface area contributed by atoms with Crippen LogP contribution in [0.5, 0.6) is 0 Å². The van der Waals surface area contributed by atoms with Crippen molar-refractivity contribution in [3.8, 4) is 0 Å². The zero-order valence-corrected chi connectivity index (χ0v) is 12.5. The molecule has 0 bridgehead atoms. The molecule has 19 heavy (non-hydrogen) atoms. The van der Waals surface area contributed by atoms with E-state index < -0.39 is 9.84 Å². The first kappa shape index (κ1) is 14.5. The van der Waals surface area contributed by atoms with Crippen molar-refractivity contribution in [3.63, 3.8) is 0 Å². The second-order valence-electron chi connectivity index (χ2n) is 5.51. The van der Waals surface area contributed by atoms with Crippen LogP contribution in [0.25, 0.3) is 0 Å². The minimum absolute atomic E-state index is 0.263. The van der Waals surface area contributed by atoms with Crippen molar-refractivity contribution in [3.05, 3.63) is 29.8 Å². The highest BCUT2D eigenvalue weighted by Crippen LogP contribution is 2.29. The van der Waals surface area contributed by atoms with Crippen LogP contribution in [0.2, 0.25) is 0 Å². The number of rotatable bonds is 5. The third-order valence-corrected chi connectivity index (χ3v) is 5.93. The predicted molar refractivity (Wildman–Crippen MR) is 78.0 cm³/mol. The molecule has 2 unspecified atom stereocenters. The largest absolute Gasteiger partial charge is 0.317 e. The molecule has 1 aliphatic carbocycles. The third-order valence-electron chi connectivity index (χ3n) is 4.17. The number of benzene rings is 1. The molecule has 0 saturated heterocycles. The maximum absolute atomic E-state index is 12.3. The van der Waals surface area contributed by atoms with Gasteiger partial charge in [0.05, 0.1) is 10.6 Å². The van der Waals surface area contributed by atoms with Gasteiger partial charge >= 0.3 is 0 Å². The SMILES string of the molecule is CNC1CCCC1CCS(=O)(=O)c1ccc(C)cc1. The number of hydrogen-bond acceptors (Lipinski definition) is 3. The Morgan fingerprint density at radius 2 is 1.89 bits per heavy atom. The molecule has 1 aromatic rings. The predicted octanol–water partition coefficient (Wildman–Crippen LogP) is 2.55. The normalized spacial score (nSPS) is 23.7. The first-order valence-corrected chi connectivity index (χ1v) is 8.65. The van der Waals surface area contributed by atoms with Crippen LogP contribution in [0.15, 0.2) is 29.2 Å². The minimum Gasteiger partial charge on any atom is -0.317 e. The molecule has 0 aromatic heterocycles.